The van der Waals surface area contributed by atoms with Crippen molar-refractivity contribution in [3.05, 3.63) is 29.8 Å². The van der Waals surface area contributed by atoms with Gasteiger partial charge in [0.25, 0.3) is 0 Å². The summed E-state index contributed by atoms with van der Waals surface area (Å²) in [5, 5.41) is 9.40. The molecule has 0 aliphatic rings. The molecular formula is C18H28O3. The van der Waals surface area contributed by atoms with E-state index < -0.39 is 5.97 Å². The second kappa shape index (κ2) is 8.71. The molecule has 1 rings (SSSR count). The number of carbonyl (C=O) groups is 1. The number of unbranched alkanes of at least 4 members (excludes halogenated alkanes) is 1. The van der Waals surface area contributed by atoms with Crippen LogP contribution in [-0.2, 0) is 4.79 Å². The summed E-state index contributed by atoms with van der Waals surface area (Å²) in [4.78, 5) is 11.4. The molecule has 3 heteroatoms. The molecular weight excluding hydrogens is 264 g/mol. The number of carboxylic acids is 1. The Morgan fingerprint density at radius 1 is 1.33 bits per heavy atom. The first-order valence-electron chi connectivity index (χ1n) is 7.86. The van der Waals surface area contributed by atoms with Crippen molar-refractivity contribution in [3.63, 3.8) is 0 Å². The zero-order valence-electron chi connectivity index (χ0n) is 13.6. The fourth-order valence-corrected chi connectivity index (χ4v) is 2.78. The van der Waals surface area contributed by atoms with Crippen LogP contribution in [0.25, 0.3) is 0 Å². The number of aliphatic carboxylic acids is 1. The van der Waals surface area contributed by atoms with Gasteiger partial charge in [0.2, 0.25) is 0 Å². The zero-order valence-corrected chi connectivity index (χ0v) is 13.6. The molecule has 1 aromatic rings. The van der Waals surface area contributed by atoms with Crippen molar-refractivity contribution in [2.45, 2.75) is 52.4 Å². The van der Waals surface area contributed by atoms with Crippen LogP contribution in [0.4, 0.5) is 0 Å². The molecule has 0 aromatic heterocycles. The minimum Gasteiger partial charge on any atom is -0.497 e. The standard InChI is InChI=1S/C18H28O3/c1-5-6-8-13(2)11-17(14(3)18(19)20)15-9-7-10-16(12-15)21-4/h7,9-10,12-14,17H,5-6,8,11H2,1-4H3,(H,19,20). The number of hydrogen-bond donors (Lipinski definition) is 1. The van der Waals surface area contributed by atoms with E-state index in [2.05, 4.69) is 13.8 Å². The van der Waals surface area contributed by atoms with Crippen molar-refractivity contribution < 1.29 is 14.6 Å². The molecule has 0 saturated carbocycles. The Morgan fingerprint density at radius 2 is 2.05 bits per heavy atom. The number of methoxy groups -OCH3 is 1. The molecule has 0 fully saturated rings. The maximum atomic E-state index is 11.4. The average Bonchev–Trinajstić information content (AvgIpc) is 2.49. The highest BCUT2D eigenvalue weighted by Crippen LogP contribution is 2.34. The first-order chi connectivity index (χ1) is 9.99. The van der Waals surface area contributed by atoms with Crippen LogP contribution in [0.5, 0.6) is 5.75 Å². The van der Waals surface area contributed by atoms with Crippen molar-refractivity contribution in [1.82, 2.24) is 0 Å². The Bertz CT molecular complexity index is 442. The fraction of sp³-hybridized carbons (Fsp3) is 0.611. The number of benzene rings is 1. The van der Waals surface area contributed by atoms with E-state index >= 15 is 0 Å². The molecule has 1 N–H and O–H groups in total. The predicted molar refractivity (Wildman–Crippen MR) is 85.8 cm³/mol. The lowest BCUT2D eigenvalue weighted by molar-refractivity contribution is -0.142. The minimum atomic E-state index is -0.731. The van der Waals surface area contributed by atoms with Gasteiger partial charge in [0.05, 0.1) is 13.0 Å². The fourth-order valence-electron chi connectivity index (χ4n) is 2.78. The molecule has 3 nitrogen and oxygen atoms in total. The van der Waals surface area contributed by atoms with E-state index in [9.17, 15) is 9.90 Å². The minimum absolute atomic E-state index is 0.0319. The second-order valence-corrected chi connectivity index (χ2v) is 5.99. The Kier molecular flexibility index (Phi) is 7.27. The molecule has 0 aliphatic heterocycles. The van der Waals surface area contributed by atoms with Crippen LogP contribution in [-0.4, -0.2) is 18.2 Å². The summed E-state index contributed by atoms with van der Waals surface area (Å²) in [7, 11) is 1.64. The van der Waals surface area contributed by atoms with E-state index in [1.165, 1.54) is 12.8 Å². The zero-order chi connectivity index (χ0) is 15.8. The van der Waals surface area contributed by atoms with Crippen molar-refractivity contribution in [2.24, 2.45) is 11.8 Å². The van der Waals surface area contributed by atoms with Crippen molar-refractivity contribution in [3.8, 4) is 5.75 Å². The van der Waals surface area contributed by atoms with Crippen molar-refractivity contribution >= 4 is 5.97 Å². The third-order valence-corrected chi connectivity index (χ3v) is 4.22. The maximum absolute atomic E-state index is 11.4. The molecule has 0 amide bonds. The summed E-state index contributed by atoms with van der Waals surface area (Å²) < 4.78 is 5.27. The van der Waals surface area contributed by atoms with Crippen LogP contribution in [0.1, 0.15) is 57.9 Å². The molecule has 118 valence electrons. The van der Waals surface area contributed by atoms with Crippen LogP contribution in [0, 0.1) is 11.8 Å². The first-order valence-corrected chi connectivity index (χ1v) is 7.86. The average molecular weight is 292 g/mol. The molecule has 21 heavy (non-hydrogen) atoms. The molecule has 0 spiro atoms. The van der Waals surface area contributed by atoms with E-state index in [1.54, 1.807) is 14.0 Å². The van der Waals surface area contributed by atoms with E-state index in [1.807, 2.05) is 24.3 Å². The highest BCUT2D eigenvalue weighted by molar-refractivity contribution is 5.71. The molecule has 3 atom stereocenters. The van der Waals surface area contributed by atoms with Gasteiger partial charge in [-0.05, 0) is 36.0 Å². The largest absolute Gasteiger partial charge is 0.497 e. The van der Waals surface area contributed by atoms with E-state index in [-0.39, 0.29) is 11.8 Å². The summed E-state index contributed by atoms with van der Waals surface area (Å²) in [6, 6.07) is 7.81. The van der Waals surface area contributed by atoms with Crippen molar-refractivity contribution in [1.29, 1.82) is 0 Å². The summed E-state index contributed by atoms with van der Waals surface area (Å²) in [5.74, 6) is 0.232. The molecule has 0 aliphatic carbocycles. The lowest BCUT2D eigenvalue weighted by Crippen LogP contribution is -2.21. The van der Waals surface area contributed by atoms with Gasteiger partial charge in [0.15, 0.2) is 0 Å². The Balaban J connectivity index is 2.93. The number of rotatable bonds is 9. The van der Waals surface area contributed by atoms with Gasteiger partial charge < -0.3 is 9.84 Å². The van der Waals surface area contributed by atoms with Gasteiger partial charge in [-0.2, -0.15) is 0 Å². The summed E-state index contributed by atoms with van der Waals surface area (Å²) in [6.45, 7) is 6.21. The Hall–Kier alpha value is -1.51. The van der Waals surface area contributed by atoms with Crippen molar-refractivity contribution in [2.75, 3.05) is 7.11 Å². The van der Waals surface area contributed by atoms with Crippen LogP contribution >= 0.6 is 0 Å². The van der Waals surface area contributed by atoms with Crippen LogP contribution in [0.15, 0.2) is 24.3 Å². The topological polar surface area (TPSA) is 46.5 Å². The molecule has 0 bridgehead atoms. The third kappa shape index (κ3) is 5.41. The Morgan fingerprint density at radius 3 is 2.62 bits per heavy atom. The predicted octanol–water partition coefficient (Wildman–Crippen LogP) is 4.72. The second-order valence-electron chi connectivity index (χ2n) is 5.99. The number of carboxylic acid groups (broad SMARTS) is 1. The highest BCUT2D eigenvalue weighted by Gasteiger charge is 2.27. The van der Waals surface area contributed by atoms with Crippen LogP contribution < -0.4 is 4.74 Å². The SMILES string of the molecule is CCCCC(C)CC(c1cccc(OC)c1)C(C)C(=O)O. The van der Waals surface area contributed by atoms with Gasteiger partial charge in [0.1, 0.15) is 5.75 Å². The molecule has 0 radical (unpaired) electrons. The third-order valence-electron chi connectivity index (χ3n) is 4.22. The number of hydrogen-bond acceptors (Lipinski definition) is 2. The Labute approximate surface area is 128 Å². The lowest BCUT2D eigenvalue weighted by Gasteiger charge is -2.25. The van der Waals surface area contributed by atoms with Gasteiger partial charge in [-0.3, -0.25) is 4.79 Å². The monoisotopic (exact) mass is 292 g/mol. The smallest absolute Gasteiger partial charge is 0.306 e. The normalized spacial score (nSPS) is 15.2. The van der Waals surface area contributed by atoms with Gasteiger partial charge in [-0.25, -0.2) is 0 Å². The molecule has 0 saturated heterocycles. The molecule has 1 aromatic carbocycles. The molecule has 0 heterocycles. The number of ether oxygens (including phenoxy) is 1. The van der Waals surface area contributed by atoms with Crippen LogP contribution in [0.2, 0.25) is 0 Å². The first kappa shape index (κ1) is 17.5. The van der Waals surface area contributed by atoms with E-state index in [0.717, 1.165) is 24.2 Å². The van der Waals surface area contributed by atoms with Gasteiger partial charge >= 0.3 is 5.97 Å². The highest BCUT2D eigenvalue weighted by atomic mass is 16.5. The summed E-state index contributed by atoms with van der Waals surface area (Å²) in [5.41, 5.74) is 1.06. The van der Waals surface area contributed by atoms with Crippen LogP contribution in [0.3, 0.4) is 0 Å². The summed E-state index contributed by atoms with van der Waals surface area (Å²) in [6.07, 6.45) is 4.44. The quantitative estimate of drug-likeness (QED) is 0.716. The van der Waals surface area contributed by atoms with E-state index in [4.69, 9.17) is 4.74 Å². The maximum Gasteiger partial charge on any atom is 0.306 e. The lowest BCUT2D eigenvalue weighted by atomic mass is 9.79. The summed E-state index contributed by atoms with van der Waals surface area (Å²) >= 11 is 0. The van der Waals surface area contributed by atoms with Gasteiger partial charge in [0, 0.05) is 0 Å². The van der Waals surface area contributed by atoms with E-state index in [0.29, 0.717) is 5.92 Å². The van der Waals surface area contributed by atoms with Gasteiger partial charge in [-0.15, -0.1) is 0 Å². The van der Waals surface area contributed by atoms with Gasteiger partial charge in [-0.1, -0.05) is 52.2 Å². The molecule has 3 unspecified atom stereocenters.